The molecule has 0 aliphatic rings. The van der Waals surface area contributed by atoms with Crippen molar-refractivity contribution in [2.75, 3.05) is 7.11 Å². The first-order chi connectivity index (χ1) is 7.80. The number of carbonyl (C=O) groups excluding carboxylic acids is 2. The minimum absolute atomic E-state index is 0.377. The second-order valence-corrected chi connectivity index (χ2v) is 4.53. The maximum Gasteiger partial charge on any atom is 0.408 e. The molecular weight excluding hydrogens is 222 g/mol. The van der Waals surface area contributed by atoms with Crippen LogP contribution in [0.5, 0.6) is 0 Å². The van der Waals surface area contributed by atoms with Crippen LogP contribution in [0.4, 0.5) is 4.79 Å². The molecule has 0 spiro atoms. The first-order valence-electron chi connectivity index (χ1n) is 5.48. The van der Waals surface area contributed by atoms with Gasteiger partial charge in [-0.2, -0.15) is 0 Å². The lowest BCUT2D eigenvalue weighted by atomic mass is 10.2. The first-order valence-corrected chi connectivity index (χ1v) is 5.48. The Morgan fingerprint density at radius 1 is 1.35 bits per heavy atom. The molecule has 0 saturated heterocycles. The molecule has 0 rings (SSSR count). The SMILES string of the molecule is C/C=C/CC(NC(=O)OC(C)(C)C)C(=O)OC. The normalized spacial score (nSPS) is 13.2. The Kier molecular flexibility index (Phi) is 6.31. The van der Waals surface area contributed by atoms with Crippen LogP contribution in [0.25, 0.3) is 0 Å². The number of carbonyl (C=O) groups is 2. The van der Waals surface area contributed by atoms with E-state index in [-0.39, 0.29) is 0 Å². The van der Waals surface area contributed by atoms with Gasteiger partial charge in [0.25, 0.3) is 0 Å². The zero-order valence-corrected chi connectivity index (χ0v) is 11.1. The third kappa shape index (κ3) is 7.38. The molecule has 5 heteroatoms. The van der Waals surface area contributed by atoms with Gasteiger partial charge in [0.1, 0.15) is 11.6 Å². The molecule has 1 N–H and O–H groups in total. The molecule has 5 nitrogen and oxygen atoms in total. The highest BCUT2D eigenvalue weighted by molar-refractivity contribution is 5.81. The van der Waals surface area contributed by atoms with Gasteiger partial charge in [0, 0.05) is 0 Å². The predicted molar refractivity (Wildman–Crippen MR) is 64.6 cm³/mol. The molecule has 0 aliphatic heterocycles. The van der Waals surface area contributed by atoms with Gasteiger partial charge in [0.15, 0.2) is 0 Å². The van der Waals surface area contributed by atoms with Crippen molar-refractivity contribution in [3.05, 3.63) is 12.2 Å². The standard InChI is InChI=1S/C12H21NO4/c1-6-7-8-9(10(14)16-5)13-11(15)17-12(2,3)4/h6-7,9H,8H2,1-5H3,(H,13,15)/b7-6+. The Morgan fingerprint density at radius 3 is 2.35 bits per heavy atom. The zero-order valence-electron chi connectivity index (χ0n) is 11.1. The van der Waals surface area contributed by atoms with Gasteiger partial charge in [-0.25, -0.2) is 9.59 Å². The molecule has 0 aromatic heterocycles. The van der Waals surface area contributed by atoms with Gasteiger partial charge >= 0.3 is 12.1 Å². The van der Waals surface area contributed by atoms with Gasteiger partial charge in [-0.1, -0.05) is 12.2 Å². The summed E-state index contributed by atoms with van der Waals surface area (Å²) >= 11 is 0. The van der Waals surface area contributed by atoms with Crippen molar-refractivity contribution < 1.29 is 19.1 Å². The zero-order chi connectivity index (χ0) is 13.5. The molecule has 98 valence electrons. The van der Waals surface area contributed by atoms with Crippen molar-refractivity contribution >= 4 is 12.1 Å². The number of rotatable bonds is 4. The van der Waals surface area contributed by atoms with E-state index < -0.39 is 23.7 Å². The van der Waals surface area contributed by atoms with Crippen LogP contribution in [0, 0.1) is 0 Å². The van der Waals surface area contributed by atoms with Crippen molar-refractivity contribution in [1.82, 2.24) is 5.32 Å². The maximum absolute atomic E-state index is 11.5. The fourth-order valence-corrected chi connectivity index (χ4v) is 1.08. The van der Waals surface area contributed by atoms with Crippen molar-refractivity contribution in [3.63, 3.8) is 0 Å². The van der Waals surface area contributed by atoms with E-state index in [4.69, 9.17) is 4.74 Å². The fourth-order valence-electron chi connectivity index (χ4n) is 1.08. The van der Waals surface area contributed by atoms with E-state index in [0.717, 1.165) is 0 Å². The molecular formula is C12H21NO4. The van der Waals surface area contributed by atoms with Gasteiger partial charge in [0.2, 0.25) is 0 Å². The van der Waals surface area contributed by atoms with Crippen LogP contribution in [0.1, 0.15) is 34.1 Å². The molecule has 1 amide bonds. The van der Waals surface area contributed by atoms with Crippen molar-refractivity contribution in [2.45, 2.75) is 45.8 Å². The van der Waals surface area contributed by atoms with E-state index in [1.807, 2.05) is 6.92 Å². The van der Waals surface area contributed by atoms with Crippen molar-refractivity contribution in [1.29, 1.82) is 0 Å². The van der Waals surface area contributed by atoms with E-state index in [9.17, 15) is 9.59 Å². The van der Waals surface area contributed by atoms with Crippen LogP contribution < -0.4 is 5.32 Å². The second kappa shape index (κ2) is 6.93. The van der Waals surface area contributed by atoms with Crippen molar-refractivity contribution in [3.8, 4) is 0 Å². The summed E-state index contributed by atoms with van der Waals surface area (Å²) in [7, 11) is 1.28. The summed E-state index contributed by atoms with van der Waals surface area (Å²) in [5, 5.41) is 2.47. The third-order valence-corrected chi connectivity index (χ3v) is 1.78. The Balaban J connectivity index is 4.42. The molecule has 0 fully saturated rings. The first kappa shape index (κ1) is 15.5. The van der Waals surface area contributed by atoms with Crippen LogP contribution in [-0.2, 0) is 14.3 Å². The highest BCUT2D eigenvalue weighted by Gasteiger charge is 2.23. The Bertz CT molecular complexity index is 291. The molecule has 0 aromatic carbocycles. The number of alkyl carbamates (subject to hydrolysis) is 1. The van der Waals surface area contributed by atoms with Crippen molar-refractivity contribution in [2.24, 2.45) is 0 Å². The molecule has 0 radical (unpaired) electrons. The number of ether oxygens (including phenoxy) is 2. The number of allylic oxidation sites excluding steroid dienone is 1. The van der Waals surface area contributed by atoms with E-state index in [1.165, 1.54) is 7.11 Å². The van der Waals surface area contributed by atoms with Gasteiger partial charge < -0.3 is 14.8 Å². The van der Waals surface area contributed by atoms with Gasteiger partial charge in [0.05, 0.1) is 7.11 Å². The molecule has 0 bridgehead atoms. The number of esters is 1. The second-order valence-electron chi connectivity index (χ2n) is 4.53. The number of hydrogen-bond donors (Lipinski definition) is 1. The Morgan fingerprint density at radius 2 is 1.94 bits per heavy atom. The van der Waals surface area contributed by atoms with Crippen LogP contribution in [0.15, 0.2) is 12.2 Å². The molecule has 1 atom stereocenters. The molecule has 0 heterocycles. The number of hydrogen-bond acceptors (Lipinski definition) is 4. The maximum atomic E-state index is 11.5. The monoisotopic (exact) mass is 243 g/mol. The molecule has 1 unspecified atom stereocenters. The van der Waals surface area contributed by atoms with E-state index in [0.29, 0.717) is 6.42 Å². The number of methoxy groups -OCH3 is 1. The van der Waals surface area contributed by atoms with Gasteiger partial charge in [-0.3, -0.25) is 0 Å². The minimum Gasteiger partial charge on any atom is -0.467 e. The minimum atomic E-state index is -0.717. The largest absolute Gasteiger partial charge is 0.467 e. The van der Waals surface area contributed by atoms with Crippen LogP contribution in [-0.4, -0.2) is 30.8 Å². The summed E-state index contributed by atoms with van der Waals surface area (Å²) in [5.74, 6) is -0.492. The van der Waals surface area contributed by atoms with Gasteiger partial charge in [-0.15, -0.1) is 0 Å². The van der Waals surface area contributed by atoms with E-state index in [2.05, 4.69) is 10.1 Å². The summed E-state index contributed by atoms with van der Waals surface area (Å²) in [6.45, 7) is 7.10. The molecule has 0 aliphatic carbocycles. The Hall–Kier alpha value is -1.52. The molecule has 17 heavy (non-hydrogen) atoms. The van der Waals surface area contributed by atoms with E-state index in [1.54, 1.807) is 32.9 Å². The fraction of sp³-hybridized carbons (Fsp3) is 0.667. The van der Waals surface area contributed by atoms with Crippen LogP contribution in [0.3, 0.4) is 0 Å². The predicted octanol–water partition coefficient (Wildman–Crippen LogP) is 2.02. The summed E-state index contributed by atoms with van der Waals surface area (Å²) < 4.78 is 9.66. The number of nitrogens with one attached hydrogen (secondary N) is 1. The average molecular weight is 243 g/mol. The summed E-state index contributed by atoms with van der Waals surface area (Å²) in [6.07, 6.45) is 3.33. The lowest BCUT2D eigenvalue weighted by molar-refractivity contribution is -0.143. The highest BCUT2D eigenvalue weighted by Crippen LogP contribution is 2.07. The van der Waals surface area contributed by atoms with Crippen LogP contribution in [0.2, 0.25) is 0 Å². The molecule has 0 saturated carbocycles. The summed E-state index contributed by atoms with van der Waals surface area (Å²) in [4.78, 5) is 22.9. The smallest absolute Gasteiger partial charge is 0.408 e. The van der Waals surface area contributed by atoms with Crippen LogP contribution >= 0.6 is 0 Å². The lowest BCUT2D eigenvalue weighted by Gasteiger charge is -2.22. The third-order valence-electron chi connectivity index (χ3n) is 1.78. The quantitative estimate of drug-likeness (QED) is 0.606. The molecule has 0 aromatic rings. The topological polar surface area (TPSA) is 64.6 Å². The lowest BCUT2D eigenvalue weighted by Crippen LogP contribution is -2.43. The Labute approximate surface area is 102 Å². The van der Waals surface area contributed by atoms with Gasteiger partial charge in [-0.05, 0) is 34.1 Å². The number of amides is 1. The summed E-state index contributed by atoms with van der Waals surface area (Å²) in [5.41, 5.74) is -0.592. The summed E-state index contributed by atoms with van der Waals surface area (Å²) in [6, 6.07) is -0.717. The highest BCUT2D eigenvalue weighted by atomic mass is 16.6. The average Bonchev–Trinajstić information content (AvgIpc) is 2.20. The van der Waals surface area contributed by atoms with E-state index >= 15 is 0 Å².